The molecule has 0 aromatic heterocycles. The van der Waals surface area contributed by atoms with Crippen LogP contribution in [-0.4, -0.2) is 11.9 Å². The van der Waals surface area contributed by atoms with E-state index in [4.69, 9.17) is 0 Å². The fraction of sp³-hybridized carbons (Fsp3) is 0. The van der Waals surface area contributed by atoms with Gasteiger partial charge < -0.3 is 4.74 Å². The van der Waals surface area contributed by atoms with Gasteiger partial charge in [0.25, 0.3) is 0 Å². The van der Waals surface area contributed by atoms with Crippen molar-refractivity contribution in [3.8, 4) is 0 Å². The number of fused-ring (bicyclic) bond motifs is 3. The first-order valence-corrected chi connectivity index (χ1v) is 5.73. The molecule has 0 saturated heterocycles. The number of hydrogen-bond acceptors (Lipinski definition) is 3. The van der Waals surface area contributed by atoms with Gasteiger partial charge in [0.05, 0.1) is 11.1 Å². The van der Waals surface area contributed by atoms with Crippen LogP contribution < -0.4 is 0 Å². The molecule has 0 radical (unpaired) electrons. The molecule has 78 valence electrons. The lowest BCUT2D eigenvalue weighted by molar-refractivity contribution is 0.0444. The molecule has 0 N–H and O–H groups in total. The number of halogens is 1. The van der Waals surface area contributed by atoms with E-state index in [1.165, 1.54) is 0 Å². The van der Waals surface area contributed by atoms with E-state index < -0.39 is 11.9 Å². The van der Waals surface area contributed by atoms with Crippen molar-refractivity contribution in [1.29, 1.82) is 0 Å². The molecule has 16 heavy (non-hydrogen) atoms. The van der Waals surface area contributed by atoms with Crippen LogP contribution in [-0.2, 0) is 4.74 Å². The number of hydrogen-bond donors (Lipinski definition) is 0. The first-order valence-electron chi connectivity index (χ1n) is 4.65. The summed E-state index contributed by atoms with van der Waals surface area (Å²) in [7, 11) is 0. The summed E-state index contributed by atoms with van der Waals surface area (Å²) in [5.74, 6) is -1.10. The van der Waals surface area contributed by atoms with E-state index in [0.29, 0.717) is 11.1 Å². The topological polar surface area (TPSA) is 43.4 Å². The maximum atomic E-state index is 11.6. The predicted octanol–water partition coefficient (Wildman–Crippen LogP) is 2.76. The molecule has 0 saturated carbocycles. The third-order valence-electron chi connectivity index (χ3n) is 2.59. The van der Waals surface area contributed by atoms with Crippen LogP contribution in [0.3, 0.4) is 0 Å². The summed E-state index contributed by atoms with van der Waals surface area (Å²) in [6.45, 7) is 0. The smallest absolute Gasteiger partial charge is 0.347 e. The van der Waals surface area contributed by atoms with E-state index in [1.54, 1.807) is 6.07 Å². The van der Waals surface area contributed by atoms with Gasteiger partial charge in [-0.3, -0.25) is 0 Å². The van der Waals surface area contributed by atoms with Crippen molar-refractivity contribution in [2.24, 2.45) is 0 Å². The number of benzene rings is 2. The fourth-order valence-electron chi connectivity index (χ4n) is 1.87. The molecule has 1 aliphatic heterocycles. The van der Waals surface area contributed by atoms with Gasteiger partial charge in [-0.2, -0.15) is 0 Å². The number of carbonyl (C=O) groups excluding carboxylic acids is 2. The van der Waals surface area contributed by atoms with E-state index in [9.17, 15) is 9.59 Å². The Morgan fingerprint density at radius 1 is 1.00 bits per heavy atom. The lowest BCUT2D eigenvalue weighted by atomic mass is 10.0. The van der Waals surface area contributed by atoms with Crippen molar-refractivity contribution in [2.75, 3.05) is 0 Å². The van der Waals surface area contributed by atoms with Crippen molar-refractivity contribution >= 4 is 45.3 Å². The lowest BCUT2D eigenvalue weighted by Crippen LogP contribution is -1.97. The molecule has 2 aromatic carbocycles. The second kappa shape index (κ2) is 3.28. The average Bonchev–Trinajstić information content (AvgIpc) is 2.54. The molecule has 3 nitrogen and oxygen atoms in total. The van der Waals surface area contributed by atoms with Crippen LogP contribution in [0, 0.1) is 3.57 Å². The van der Waals surface area contributed by atoms with Gasteiger partial charge in [0.1, 0.15) is 0 Å². The number of esters is 2. The quantitative estimate of drug-likeness (QED) is 0.425. The third-order valence-corrected chi connectivity index (χ3v) is 3.26. The van der Waals surface area contributed by atoms with E-state index in [2.05, 4.69) is 27.3 Å². The number of cyclic esters (lactones) is 2. The van der Waals surface area contributed by atoms with E-state index in [1.807, 2.05) is 24.3 Å². The Hall–Kier alpha value is -1.43. The van der Waals surface area contributed by atoms with Crippen LogP contribution in [0.2, 0.25) is 0 Å². The van der Waals surface area contributed by atoms with Crippen LogP contribution >= 0.6 is 22.6 Å². The van der Waals surface area contributed by atoms with Gasteiger partial charge in [0, 0.05) is 3.57 Å². The van der Waals surface area contributed by atoms with Crippen molar-refractivity contribution in [1.82, 2.24) is 0 Å². The molecular formula is C12H5IO3. The summed E-state index contributed by atoms with van der Waals surface area (Å²) in [6, 6.07) is 9.22. The molecular weight excluding hydrogens is 319 g/mol. The summed E-state index contributed by atoms with van der Waals surface area (Å²) in [6.07, 6.45) is 0. The maximum Gasteiger partial charge on any atom is 0.347 e. The maximum absolute atomic E-state index is 11.6. The van der Waals surface area contributed by atoms with Crippen molar-refractivity contribution in [3.05, 3.63) is 45.0 Å². The SMILES string of the molecule is O=C1OC(=O)c2c1ccc1ccc(I)cc21. The molecule has 2 aromatic rings. The largest absolute Gasteiger partial charge is 0.386 e. The first-order chi connectivity index (χ1) is 7.66. The van der Waals surface area contributed by atoms with Crippen LogP contribution in [0.25, 0.3) is 10.8 Å². The molecule has 0 atom stereocenters. The molecule has 1 heterocycles. The summed E-state index contributed by atoms with van der Waals surface area (Å²) in [5.41, 5.74) is 0.750. The van der Waals surface area contributed by atoms with Crippen LogP contribution in [0.5, 0.6) is 0 Å². The summed E-state index contributed by atoms with van der Waals surface area (Å²) >= 11 is 2.17. The summed E-state index contributed by atoms with van der Waals surface area (Å²) in [4.78, 5) is 22.9. The van der Waals surface area contributed by atoms with E-state index in [0.717, 1.165) is 14.3 Å². The number of ether oxygens (including phenoxy) is 1. The molecule has 0 unspecified atom stereocenters. The molecule has 0 aliphatic carbocycles. The average molecular weight is 324 g/mol. The van der Waals surface area contributed by atoms with Crippen molar-refractivity contribution in [3.63, 3.8) is 0 Å². The van der Waals surface area contributed by atoms with Gasteiger partial charge in [-0.15, -0.1) is 0 Å². The van der Waals surface area contributed by atoms with Gasteiger partial charge in [-0.25, -0.2) is 9.59 Å². The highest BCUT2D eigenvalue weighted by Crippen LogP contribution is 2.29. The minimum Gasteiger partial charge on any atom is -0.386 e. The fourth-order valence-corrected chi connectivity index (χ4v) is 2.36. The highest BCUT2D eigenvalue weighted by atomic mass is 127. The lowest BCUT2D eigenvalue weighted by Gasteiger charge is -2.01. The Balaban J connectivity index is 2.48. The second-order valence-electron chi connectivity index (χ2n) is 3.53. The molecule has 3 rings (SSSR count). The minimum atomic E-state index is -0.555. The Kier molecular flexibility index (Phi) is 2.00. The summed E-state index contributed by atoms with van der Waals surface area (Å²) < 4.78 is 5.62. The molecule has 0 fully saturated rings. The zero-order valence-corrected chi connectivity index (χ0v) is 10.1. The Morgan fingerprint density at radius 2 is 1.75 bits per heavy atom. The van der Waals surface area contributed by atoms with E-state index in [-0.39, 0.29) is 0 Å². The van der Waals surface area contributed by atoms with Gasteiger partial charge in [-0.05, 0) is 51.6 Å². The molecule has 0 amide bonds. The normalized spacial score (nSPS) is 14.1. The summed E-state index contributed by atoms with van der Waals surface area (Å²) in [5, 5.41) is 1.71. The highest BCUT2D eigenvalue weighted by Gasteiger charge is 2.31. The van der Waals surface area contributed by atoms with Crippen molar-refractivity contribution in [2.45, 2.75) is 0 Å². The number of carbonyl (C=O) groups is 2. The third kappa shape index (κ3) is 1.26. The zero-order chi connectivity index (χ0) is 11.3. The molecule has 1 aliphatic rings. The molecule has 4 heteroatoms. The first kappa shape index (κ1) is 9.77. The van der Waals surface area contributed by atoms with Gasteiger partial charge >= 0.3 is 11.9 Å². The minimum absolute atomic E-state index is 0.361. The van der Waals surface area contributed by atoms with E-state index >= 15 is 0 Å². The standard InChI is InChI=1S/C12H5IO3/c13-7-3-1-6-2-4-8-10(9(6)5-7)12(15)16-11(8)14/h1-5H. The highest BCUT2D eigenvalue weighted by molar-refractivity contribution is 14.1. The van der Waals surface area contributed by atoms with Gasteiger partial charge in [0.2, 0.25) is 0 Å². The Morgan fingerprint density at radius 3 is 2.56 bits per heavy atom. The number of rotatable bonds is 0. The second-order valence-corrected chi connectivity index (χ2v) is 4.78. The van der Waals surface area contributed by atoms with Gasteiger partial charge in [-0.1, -0.05) is 12.1 Å². The monoisotopic (exact) mass is 324 g/mol. The van der Waals surface area contributed by atoms with Crippen LogP contribution in [0.1, 0.15) is 20.7 Å². The van der Waals surface area contributed by atoms with Gasteiger partial charge in [0.15, 0.2) is 0 Å². The molecule has 0 spiro atoms. The zero-order valence-electron chi connectivity index (χ0n) is 7.99. The Bertz CT molecular complexity index is 646. The van der Waals surface area contributed by atoms with Crippen molar-refractivity contribution < 1.29 is 14.3 Å². The Labute approximate surface area is 105 Å². The molecule has 0 bridgehead atoms. The van der Waals surface area contributed by atoms with Crippen LogP contribution in [0.4, 0.5) is 0 Å². The van der Waals surface area contributed by atoms with Crippen LogP contribution in [0.15, 0.2) is 30.3 Å². The predicted molar refractivity (Wildman–Crippen MR) is 66.4 cm³/mol.